The summed E-state index contributed by atoms with van der Waals surface area (Å²) in [6, 6.07) is 8.61. The van der Waals surface area contributed by atoms with E-state index in [2.05, 4.69) is 49.9 Å². The fourth-order valence-corrected chi connectivity index (χ4v) is 3.52. The highest BCUT2D eigenvalue weighted by atomic mass is 15.1. The Bertz CT molecular complexity index is 433. The van der Waals surface area contributed by atoms with Crippen molar-refractivity contribution in [2.24, 2.45) is 17.1 Å². The fourth-order valence-electron chi connectivity index (χ4n) is 3.52. The third-order valence-electron chi connectivity index (χ3n) is 5.08. The van der Waals surface area contributed by atoms with Crippen LogP contribution in [0.2, 0.25) is 0 Å². The summed E-state index contributed by atoms with van der Waals surface area (Å²) in [6.45, 7) is 11.5. The van der Waals surface area contributed by atoms with Crippen LogP contribution in [0.15, 0.2) is 24.3 Å². The first-order valence-electron chi connectivity index (χ1n) is 8.50. The molecule has 0 saturated carbocycles. The van der Waals surface area contributed by atoms with E-state index in [1.54, 1.807) is 0 Å². The normalized spacial score (nSPS) is 21.2. The molecule has 0 amide bonds. The zero-order valence-electron chi connectivity index (χ0n) is 14.1. The Labute approximate surface area is 130 Å². The van der Waals surface area contributed by atoms with Crippen LogP contribution in [0, 0.1) is 11.3 Å². The van der Waals surface area contributed by atoms with Crippen LogP contribution < -0.4 is 5.73 Å². The predicted octanol–water partition coefficient (Wildman–Crippen LogP) is 3.84. The van der Waals surface area contributed by atoms with E-state index in [4.69, 9.17) is 5.73 Å². The van der Waals surface area contributed by atoms with Crippen LogP contribution >= 0.6 is 0 Å². The Hall–Kier alpha value is -0.860. The highest BCUT2D eigenvalue weighted by Gasteiger charge is 2.26. The highest BCUT2D eigenvalue weighted by Crippen LogP contribution is 2.34. The summed E-state index contributed by atoms with van der Waals surface area (Å²) < 4.78 is 0. The van der Waals surface area contributed by atoms with Crippen LogP contribution in [-0.2, 0) is 13.0 Å². The van der Waals surface area contributed by atoms with E-state index >= 15 is 0 Å². The third-order valence-corrected chi connectivity index (χ3v) is 5.08. The lowest BCUT2D eigenvalue weighted by atomic mass is 9.77. The molecule has 1 aliphatic heterocycles. The fraction of sp³-hybridized carbons (Fsp3) is 0.684. The van der Waals surface area contributed by atoms with Gasteiger partial charge in [0.1, 0.15) is 0 Å². The molecule has 0 radical (unpaired) electrons. The van der Waals surface area contributed by atoms with Crippen LogP contribution in [0.25, 0.3) is 0 Å². The van der Waals surface area contributed by atoms with E-state index in [1.807, 2.05) is 0 Å². The zero-order valence-corrected chi connectivity index (χ0v) is 14.1. The second-order valence-electron chi connectivity index (χ2n) is 7.56. The zero-order chi connectivity index (χ0) is 15.3. The van der Waals surface area contributed by atoms with Gasteiger partial charge in [0, 0.05) is 13.1 Å². The van der Waals surface area contributed by atoms with Gasteiger partial charge in [-0.25, -0.2) is 0 Å². The van der Waals surface area contributed by atoms with Gasteiger partial charge in [-0.05, 0) is 61.2 Å². The molecule has 0 aromatic heterocycles. The van der Waals surface area contributed by atoms with E-state index in [0.717, 1.165) is 12.3 Å². The van der Waals surface area contributed by atoms with Crippen molar-refractivity contribution in [2.75, 3.05) is 19.6 Å². The molecule has 1 heterocycles. The molecule has 0 bridgehead atoms. The summed E-state index contributed by atoms with van der Waals surface area (Å²) in [5, 5.41) is 0. The largest absolute Gasteiger partial charge is 0.326 e. The van der Waals surface area contributed by atoms with Gasteiger partial charge in [-0.15, -0.1) is 0 Å². The Morgan fingerprint density at radius 3 is 2.48 bits per heavy atom. The highest BCUT2D eigenvalue weighted by molar-refractivity contribution is 5.27. The van der Waals surface area contributed by atoms with Crippen molar-refractivity contribution in [3.8, 4) is 0 Å². The van der Waals surface area contributed by atoms with E-state index in [-0.39, 0.29) is 0 Å². The molecule has 2 heteroatoms. The van der Waals surface area contributed by atoms with E-state index in [0.29, 0.717) is 12.0 Å². The second-order valence-corrected chi connectivity index (χ2v) is 7.56. The average Bonchev–Trinajstić information content (AvgIpc) is 2.70. The smallest absolute Gasteiger partial charge is 0.0180 e. The quantitative estimate of drug-likeness (QED) is 0.912. The summed E-state index contributed by atoms with van der Waals surface area (Å²) in [7, 11) is 0. The molecule has 1 atom stereocenters. The van der Waals surface area contributed by atoms with Gasteiger partial charge >= 0.3 is 0 Å². The molecule has 0 aliphatic carbocycles. The lowest BCUT2D eigenvalue weighted by molar-refractivity contribution is 0.208. The molecule has 1 aliphatic rings. The predicted molar refractivity (Wildman–Crippen MR) is 91.3 cm³/mol. The van der Waals surface area contributed by atoms with Gasteiger partial charge < -0.3 is 10.6 Å². The van der Waals surface area contributed by atoms with Gasteiger partial charge in [0.15, 0.2) is 0 Å². The summed E-state index contributed by atoms with van der Waals surface area (Å²) >= 11 is 0. The number of hydrogen-bond acceptors (Lipinski definition) is 2. The molecule has 118 valence electrons. The van der Waals surface area contributed by atoms with Gasteiger partial charge in [0.25, 0.3) is 0 Å². The maximum absolute atomic E-state index is 5.84. The maximum atomic E-state index is 5.84. The summed E-state index contributed by atoms with van der Waals surface area (Å²) in [4.78, 5) is 2.65. The van der Waals surface area contributed by atoms with Gasteiger partial charge in [-0.3, -0.25) is 0 Å². The Kier molecular flexibility index (Phi) is 5.83. The number of benzene rings is 1. The Balaban J connectivity index is 1.87. The van der Waals surface area contributed by atoms with Crippen molar-refractivity contribution in [2.45, 2.75) is 53.0 Å². The molecule has 0 spiro atoms. The molecular formula is C19H32N2. The molecule has 1 saturated heterocycles. The molecule has 1 aromatic rings. The van der Waals surface area contributed by atoms with E-state index in [9.17, 15) is 0 Å². The number of rotatable bonds is 4. The molecule has 2 rings (SSSR count). The Morgan fingerprint density at radius 1 is 1.10 bits per heavy atom. The molecule has 1 fully saturated rings. The summed E-state index contributed by atoms with van der Waals surface area (Å²) in [6.07, 6.45) is 5.22. The first kappa shape index (κ1) is 16.5. The third kappa shape index (κ3) is 4.82. The minimum Gasteiger partial charge on any atom is -0.326 e. The van der Waals surface area contributed by atoms with Crippen LogP contribution in [0.1, 0.15) is 51.2 Å². The van der Waals surface area contributed by atoms with Crippen molar-refractivity contribution in [3.63, 3.8) is 0 Å². The van der Waals surface area contributed by atoms with Crippen molar-refractivity contribution in [1.82, 2.24) is 4.90 Å². The van der Waals surface area contributed by atoms with Gasteiger partial charge in [0.05, 0.1) is 0 Å². The lowest BCUT2D eigenvalue weighted by Gasteiger charge is -2.29. The van der Waals surface area contributed by atoms with Crippen molar-refractivity contribution < 1.29 is 0 Å². The van der Waals surface area contributed by atoms with Crippen molar-refractivity contribution in [3.05, 3.63) is 35.4 Å². The van der Waals surface area contributed by atoms with Crippen molar-refractivity contribution in [1.29, 1.82) is 0 Å². The van der Waals surface area contributed by atoms with Crippen LogP contribution in [0.3, 0.4) is 0 Å². The Morgan fingerprint density at radius 2 is 1.81 bits per heavy atom. The first-order valence-corrected chi connectivity index (χ1v) is 8.50. The minimum absolute atomic E-state index is 0.460. The molecule has 2 nitrogen and oxygen atoms in total. The first-order chi connectivity index (χ1) is 10.0. The molecule has 1 unspecified atom stereocenters. The summed E-state index contributed by atoms with van der Waals surface area (Å²) in [5.74, 6) is 0.874. The molecule has 2 N–H and O–H groups in total. The standard InChI is InChI=1S/C19H32N2/c1-19(2,3)18-9-6-12-21(14-11-18)13-10-16-7-4-5-8-17(16)15-20/h4-5,7-8,18H,6,9-15,20H2,1-3H3. The van der Waals surface area contributed by atoms with E-state index < -0.39 is 0 Å². The lowest BCUT2D eigenvalue weighted by Crippen LogP contribution is -2.28. The minimum atomic E-state index is 0.460. The number of nitrogens with zero attached hydrogens (tertiary/aromatic N) is 1. The number of likely N-dealkylation sites (tertiary alicyclic amines) is 1. The monoisotopic (exact) mass is 288 g/mol. The molecule has 1 aromatic carbocycles. The van der Waals surface area contributed by atoms with Crippen LogP contribution in [-0.4, -0.2) is 24.5 Å². The van der Waals surface area contributed by atoms with Crippen LogP contribution in [0.5, 0.6) is 0 Å². The van der Waals surface area contributed by atoms with Gasteiger partial charge in [0.2, 0.25) is 0 Å². The molecule has 21 heavy (non-hydrogen) atoms. The number of hydrogen-bond donors (Lipinski definition) is 1. The summed E-state index contributed by atoms with van der Waals surface area (Å²) in [5.41, 5.74) is 9.03. The van der Waals surface area contributed by atoms with Crippen molar-refractivity contribution >= 4 is 0 Å². The molecular weight excluding hydrogens is 256 g/mol. The average molecular weight is 288 g/mol. The topological polar surface area (TPSA) is 29.3 Å². The van der Waals surface area contributed by atoms with E-state index in [1.165, 1.54) is 50.0 Å². The maximum Gasteiger partial charge on any atom is 0.0180 e. The van der Waals surface area contributed by atoms with Gasteiger partial charge in [-0.1, -0.05) is 45.0 Å². The van der Waals surface area contributed by atoms with Gasteiger partial charge in [-0.2, -0.15) is 0 Å². The van der Waals surface area contributed by atoms with Crippen LogP contribution in [0.4, 0.5) is 0 Å². The second kappa shape index (κ2) is 7.42. The SMILES string of the molecule is CC(C)(C)C1CCCN(CCc2ccccc2CN)CC1. The number of nitrogens with two attached hydrogens (primary N) is 1.